The number of carbonyl (C=O) groups excluding carboxylic acids is 1. The predicted octanol–water partition coefficient (Wildman–Crippen LogP) is 1.97. The van der Waals surface area contributed by atoms with Crippen LogP contribution in [-0.4, -0.2) is 46.1 Å². The van der Waals surface area contributed by atoms with Crippen molar-refractivity contribution < 1.29 is 14.7 Å². The Bertz CT molecular complexity index is 506. The van der Waals surface area contributed by atoms with Gasteiger partial charge in [0.25, 0.3) is 0 Å². The molecule has 1 aromatic heterocycles. The molecule has 0 radical (unpaired) electrons. The fourth-order valence-corrected chi connectivity index (χ4v) is 2.74. The molecule has 1 aliphatic rings. The van der Waals surface area contributed by atoms with Crippen LogP contribution in [0, 0.1) is 0 Å². The number of urea groups is 1. The molecule has 0 aromatic carbocycles. The van der Waals surface area contributed by atoms with Gasteiger partial charge in [-0.05, 0) is 31.4 Å². The summed E-state index contributed by atoms with van der Waals surface area (Å²) >= 11 is 0. The second-order valence-corrected chi connectivity index (χ2v) is 5.00. The van der Waals surface area contributed by atoms with Crippen LogP contribution < -0.4 is 4.90 Å². The van der Waals surface area contributed by atoms with Crippen molar-refractivity contribution in [2.24, 2.45) is 0 Å². The molecule has 1 atom stereocenters. The fraction of sp³-hybridized carbons (Fsp3) is 0.500. The number of carboxylic acids is 1. The van der Waals surface area contributed by atoms with Gasteiger partial charge < -0.3 is 10.0 Å². The molecule has 1 aromatic rings. The summed E-state index contributed by atoms with van der Waals surface area (Å²) in [5.74, 6) is -0.926. The summed E-state index contributed by atoms with van der Waals surface area (Å²) in [6.07, 6.45) is 4.85. The highest BCUT2D eigenvalue weighted by atomic mass is 16.4. The number of hydrogen-bond donors (Lipinski definition) is 1. The van der Waals surface area contributed by atoms with Crippen LogP contribution in [0.2, 0.25) is 0 Å². The minimum Gasteiger partial charge on any atom is -0.479 e. The van der Waals surface area contributed by atoms with E-state index in [0.717, 1.165) is 0 Å². The maximum Gasteiger partial charge on any atom is 0.329 e. The molecule has 6 heteroatoms. The quantitative estimate of drug-likeness (QED) is 0.916. The van der Waals surface area contributed by atoms with Gasteiger partial charge in [0.15, 0.2) is 0 Å². The second kappa shape index (κ2) is 5.48. The van der Waals surface area contributed by atoms with E-state index in [1.165, 1.54) is 9.80 Å². The van der Waals surface area contributed by atoms with Crippen molar-refractivity contribution >= 4 is 17.7 Å². The van der Waals surface area contributed by atoms with Crippen molar-refractivity contribution in [2.75, 3.05) is 18.5 Å². The number of carboxylic acid groups (broad SMARTS) is 1. The number of likely N-dealkylation sites (tertiary alicyclic amines) is 1. The lowest BCUT2D eigenvalue weighted by Crippen LogP contribution is -2.56. The maximum absolute atomic E-state index is 12.6. The molecule has 2 amide bonds. The lowest BCUT2D eigenvalue weighted by atomic mass is 9.93. The maximum atomic E-state index is 12.6. The Kier molecular flexibility index (Phi) is 3.92. The zero-order valence-corrected chi connectivity index (χ0v) is 11.7. The number of aliphatic carboxylic acids is 1. The van der Waals surface area contributed by atoms with Gasteiger partial charge in [-0.2, -0.15) is 0 Å². The van der Waals surface area contributed by atoms with Gasteiger partial charge in [0.1, 0.15) is 5.54 Å². The Labute approximate surface area is 118 Å². The first-order chi connectivity index (χ1) is 9.53. The number of nitrogens with zero attached hydrogens (tertiary/aromatic N) is 3. The number of rotatable bonds is 3. The third kappa shape index (κ3) is 2.21. The monoisotopic (exact) mass is 277 g/mol. The summed E-state index contributed by atoms with van der Waals surface area (Å²) < 4.78 is 0. The molecule has 20 heavy (non-hydrogen) atoms. The smallest absolute Gasteiger partial charge is 0.329 e. The second-order valence-electron chi connectivity index (χ2n) is 5.00. The third-order valence-corrected chi connectivity index (χ3v) is 4.02. The van der Waals surface area contributed by atoms with Gasteiger partial charge in [-0.15, -0.1) is 0 Å². The minimum absolute atomic E-state index is 0.292. The molecule has 0 spiro atoms. The average molecular weight is 277 g/mol. The molecule has 1 N–H and O–H groups in total. The molecule has 1 saturated heterocycles. The van der Waals surface area contributed by atoms with E-state index in [1.807, 2.05) is 6.92 Å². The summed E-state index contributed by atoms with van der Waals surface area (Å²) in [5, 5.41) is 9.51. The van der Waals surface area contributed by atoms with Crippen molar-refractivity contribution in [1.82, 2.24) is 9.88 Å². The first-order valence-corrected chi connectivity index (χ1v) is 6.71. The molecule has 6 nitrogen and oxygen atoms in total. The van der Waals surface area contributed by atoms with E-state index in [4.69, 9.17) is 0 Å². The van der Waals surface area contributed by atoms with Crippen molar-refractivity contribution in [3.05, 3.63) is 24.5 Å². The van der Waals surface area contributed by atoms with Crippen molar-refractivity contribution in [1.29, 1.82) is 0 Å². The number of anilines is 1. The van der Waals surface area contributed by atoms with Crippen LogP contribution >= 0.6 is 0 Å². The minimum atomic E-state index is -1.08. The molecule has 108 valence electrons. The average Bonchev–Trinajstić information content (AvgIpc) is 2.91. The molecular weight excluding hydrogens is 258 g/mol. The van der Waals surface area contributed by atoms with Crippen molar-refractivity contribution in [3.8, 4) is 0 Å². The summed E-state index contributed by atoms with van der Waals surface area (Å²) in [6, 6.07) is 3.22. The zero-order valence-electron chi connectivity index (χ0n) is 11.7. The molecule has 0 bridgehead atoms. The number of amides is 2. The summed E-state index contributed by atoms with van der Waals surface area (Å²) in [6.45, 7) is 2.29. The Balaban J connectivity index is 2.26. The van der Waals surface area contributed by atoms with Crippen LogP contribution in [-0.2, 0) is 4.79 Å². The van der Waals surface area contributed by atoms with E-state index in [1.54, 1.807) is 31.6 Å². The number of hydrogen-bond acceptors (Lipinski definition) is 3. The lowest BCUT2D eigenvalue weighted by molar-refractivity contribution is -0.148. The Hall–Kier alpha value is -2.11. The van der Waals surface area contributed by atoms with Gasteiger partial charge >= 0.3 is 12.0 Å². The first kappa shape index (κ1) is 14.3. The van der Waals surface area contributed by atoms with E-state index < -0.39 is 11.5 Å². The number of carbonyl (C=O) groups is 2. The van der Waals surface area contributed by atoms with Crippen LogP contribution in [0.3, 0.4) is 0 Å². The largest absolute Gasteiger partial charge is 0.479 e. The molecule has 0 saturated carbocycles. The highest BCUT2D eigenvalue weighted by molar-refractivity contribution is 5.95. The van der Waals surface area contributed by atoms with Crippen molar-refractivity contribution in [2.45, 2.75) is 31.7 Å². The molecule has 2 heterocycles. The summed E-state index contributed by atoms with van der Waals surface area (Å²) in [4.78, 5) is 31.1. The van der Waals surface area contributed by atoms with Gasteiger partial charge in [0.05, 0.1) is 11.9 Å². The molecular formula is C14H19N3O3. The molecule has 0 aliphatic carbocycles. The summed E-state index contributed by atoms with van der Waals surface area (Å²) in [7, 11) is 1.64. The van der Waals surface area contributed by atoms with Crippen LogP contribution in [0.15, 0.2) is 24.5 Å². The standard InChI is InChI=1S/C14H19N3O3/c1-3-14(12(18)19)7-5-9-17(14)13(20)16(2)11-6-4-8-15-10-11/h4,6,8,10H,3,5,7,9H2,1-2H3,(H,18,19). The van der Waals surface area contributed by atoms with Gasteiger partial charge in [-0.1, -0.05) is 6.92 Å². The summed E-state index contributed by atoms with van der Waals surface area (Å²) in [5.41, 5.74) is -0.423. The molecule has 2 rings (SSSR count). The first-order valence-electron chi connectivity index (χ1n) is 6.71. The van der Waals surface area contributed by atoms with Gasteiger partial charge in [-0.25, -0.2) is 9.59 Å². The number of pyridine rings is 1. The van der Waals surface area contributed by atoms with Crippen LogP contribution in [0.5, 0.6) is 0 Å². The SMILES string of the molecule is CCC1(C(=O)O)CCCN1C(=O)N(C)c1cccnc1. The number of aromatic nitrogens is 1. The third-order valence-electron chi connectivity index (χ3n) is 4.02. The van der Waals surface area contributed by atoms with E-state index in [-0.39, 0.29) is 6.03 Å². The topological polar surface area (TPSA) is 73.7 Å². The Morgan fingerprint density at radius 1 is 1.55 bits per heavy atom. The Morgan fingerprint density at radius 2 is 2.30 bits per heavy atom. The van der Waals surface area contributed by atoms with Gasteiger partial charge in [-0.3, -0.25) is 9.88 Å². The molecule has 1 unspecified atom stereocenters. The van der Waals surface area contributed by atoms with Crippen LogP contribution in [0.1, 0.15) is 26.2 Å². The van der Waals surface area contributed by atoms with E-state index in [0.29, 0.717) is 31.5 Å². The lowest BCUT2D eigenvalue weighted by Gasteiger charge is -2.36. The molecule has 1 fully saturated rings. The van der Waals surface area contributed by atoms with Gasteiger partial charge in [0.2, 0.25) is 0 Å². The fourth-order valence-electron chi connectivity index (χ4n) is 2.74. The van der Waals surface area contributed by atoms with Crippen molar-refractivity contribution in [3.63, 3.8) is 0 Å². The normalized spacial score (nSPS) is 21.8. The zero-order chi connectivity index (χ0) is 14.8. The predicted molar refractivity (Wildman–Crippen MR) is 74.6 cm³/mol. The van der Waals surface area contributed by atoms with Crippen LogP contribution in [0.4, 0.5) is 10.5 Å². The molecule has 1 aliphatic heterocycles. The van der Waals surface area contributed by atoms with Gasteiger partial charge in [0, 0.05) is 19.8 Å². The highest BCUT2D eigenvalue weighted by Gasteiger charge is 2.49. The van der Waals surface area contributed by atoms with Crippen LogP contribution in [0.25, 0.3) is 0 Å². The van der Waals surface area contributed by atoms with E-state index >= 15 is 0 Å². The highest BCUT2D eigenvalue weighted by Crippen LogP contribution is 2.34. The van der Waals surface area contributed by atoms with E-state index in [9.17, 15) is 14.7 Å². The Morgan fingerprint density at radius 3 is 2.85 bits per heavy atom. The van der Waals surface area contributed by atoms with E-state index in [2.05, 4.69) is 4.98 Å².